The summed E-state index contributed by atoms with van der Waals surface area (Å²) in [6, 6.07) is 0.725. The Balaban J connectivity index is 1.80. The van der Waals surface area contributed by atoms with Crippen LogP contribution in [-0.4, -0.2) is 11.0 Å². The van der Waals surface area contributed by atoms with E-state index < -0.39 is 0 Å². The van der Waals surface area contributed by atoms with E-state index in [-0.39, 0.29) is 0 Å². The number of hydrogen-bond donors (Lipinski definition) is 2. The van der Waals surface area contributed by atoms with Gasteiger partial charge in [-0.2, -0.15) is 0 Å². The molecule has 0 bridgehead atoms. The Labute approximate surface area is 82.4 Å². The molecule has 72 valence electrons. The maximum absolute atomic E-state index is 5.48. The molecule has 2 atom stereocenters. The van der Waals surface area contributed by atoms with Gasteiger partial charge in [-0.05, 0) is 12.3 Å². The number of nitrogens with zero attached hydrogens (tertiary/aromatic N) is 1. The molecule has 0 aromatic carbocycles. The minimum Gasteiger partial charge on any atom is -0.325 e. The Morgan fingerprint density at radius 3 is 3.08 bits per heavy atom. The van der Waals surface area contributed by atoms with E-state index in [0.29, 0.717) is 6.54 Å². The van der Waals surface area contributed by atoms with Gasteiger partial charge in [0.2, 0.25) is 0 Å². The lowest BCUT2D eigenvalue weighted by atomic mass is 10.4. The van der Waals surface area contributed by atoms with Crippen LogP contribution >= 0.6 is 11.3 Å². The van der Waals surface area contributed by atoms with Crippen LogP contribution in [0.3, 0.4) is 0 Å². The Hall–Kier alpha value is -0.450. The predicted octanol–water partition coefficient (Wildman–Crippen LogP) is 1.10. The van der Waals surface area contributed by atoms with Crippen molar-refractivity contribution >= 4 is 11.3 Å². The zero-order valence-electron chi connectivity index (χ0n) is 7.79. The fourth-order valence-corrected chi connectivity index (χ4v) is 2.04. The van der Waals surface area contributed by atoms with Crippen LogP contribution in [0.1, 0.15) is 24.0 Å². The molecule has 1 aliphatic carbocycles. The average Bonchev–Trinajstić information content (AvgIpc) is 2.68. The molecule has 1 aromatic rings. The van der Waals surface area contributed by atoms with E-state index >= 15 is 0 Å². The monoisotopic (exact) mass is 197 g/mol. The van der Waals surface area contributed by atoms with Crippen molar-refractivity contribution in [2.75, 3.05) is 0 Å². The van der Waals surface area contributed by atoms with Crippen LogP contribution < -0.4 is 11.1 Å². The molecule has 0 aliphatic heterocycles. The Bertz CT molecular complexity index is 284. The summed E-state index contributed by atoms with van der Waals surface area (Å²) < 4.78 is 0. The van der Waals surface area contributed by atoms with Gasteiger partial charge in [-0.15, -0.1) is 11.3 Å². The lowest BCUT2D eigenvalue weighted by Crippen LogP contribution is -2.17. The standard InChI is InChI=1S/C9H15N3S/c1-6-2-8(6)11-4-7-5-13-9(3-10)12-7/h5-6,8,11H,2-4,10H2,1H3. The predicted molar refractivity (Wildman–Crippen MR) is 54.4 cm³/mol. The lowest BCUT2D eigenvalue weighted by Gasteiger charge is -1.98. The normalized spacial score (nSPS) is 26.3. The summed E-state index contributed by atoms with van der Waals surface area (Å²) in [7, 11) is 0. The van der Waals surface area contributed by atoms with Gasteiger partial charge in [-0.3, -0.25) is 0 Å². The topological polar surface area (TPSA) is 50.9 Å². The molecule has 13 heavy (non-hydrogen) atoms. The Morgan fingerprint density at radius 1 is 1.77 bits per heavy atom. The van der Waals surface area contributed by atoms with Crippen molar-refractivity contribution in [3.8, 4) is 0 Å². The second-order valence-electron chi connectivity index (χ2n) is 3.64. The highest BCUT2D eigenvalue weighted by Gasteiger charge is 2.31. The molecule has 3 N–H and O–H groups in total. The first kappa shape index (κ1) is 9.12. The first-order valence-corrected chi connectivity index (χ1v) is 5.54. The van der Waals surface area contributed by atoms with Crippen LogP contribution in [0.4, 0.5) is 0 Å². The van der Waals surface area contributed by atoms with E-state index in [1.165, 1.54) is 6.42 Å². The summed E-state index contributed by atoms with van der Waals surface area (Å²) in [5.74, 6) is 0.854. The SMILES string of the molecule is CC1CC1NCc1csc(CN)n1. The van der Waals surface area contributed by atoms with Crippen molar-refractivity contribution in [3.63, 3.8) is 0 Å². The third-order valence-corrected chi connectivity index (χ3v) is 3.35. The van der Waals surface area contributed by atoms with Crippen molar-refractivity contribution in [1.29, 1.82) is 0 Å². The van der Waals surface area contributed by atoms with Crippen LogP contribution in [0.25, 0.3) is 0 Å². The molecule has 1 fully saturated rings. The third-order valence-electron chi connectivity index (χ3n) is 2.43. The van der Waals surface area contributed by atoms with Crippen LogP contribution in [0.15, 0.2) is 5.38 Å². The van der Waals surface area contributed by atoms with Gasteiger partial charge in [-0.1, -0.05) is 6.92 Å². The number of thiazole rings is 1. The van der Waals surface area contributed by atoms with E-state index in [1.54, 1.807) is 11.3 Å². The van der Waals surface area contributed by atoms with Gasteiger partial charge in [0.15, 0.2) is 0 Å². The second kappa shape index (κ2) is 3.74. The van der Waals surface area contributed by atoms with E-state index in [4.69, 9.17) is 5.73 Å². The molecular formula is C9H15N3S. The fourth-order valence-electron chi connectivity index (χ4n) is 1.37. The summed E-state index contributed by atoms with van der Waals surface area (Å²) in [6.45, 7) is 3.72. The largest absolute Gasteiger partial charge is 0.325 e. The molecule has 1 aliphatic rings. The summed E-state index contributed by atoms with van der Waals surface area (Å²) in [5.41, 5.74) is 6.61. The average molecular weight is 197 g/mol. The molecule has 2 unspecified atom stereocenters. The molecule has 1 saturated carbocycles. The number of rotatable bonds is 4. The molecule has 0 amide bonds. The highest BCUT2D eigenvalue weighted by Crippen LogP contribution is 2.29. The number of nitrogens with one attached hydrogen (secondary N) is 1. The molecule has 1 heterocycles. The highest BCUT2D eigenvalue weighted by molar-refractivity contribution is 7.09. The zero-order chi connectivity index (χ0) is 9.26. The first-order chi connectivity index (χ1) is 6.29. The number of hydrogen-bond acceptors (Lipinski definition) is 4. The fraction of sp³-hybridized carbons (Fsp3) is 0.667. The lowest BCUT2D eigenvalue weighted by molar-refractivity contribution is 0.643. The zero-order valence-corrected chi connectivity index (χ0v) is 8.60. The van der Waals surface area contributed by atoms with Crippen LogP contribution in [-0.2, 0) is 13.1 Å². The van der Waals surface area contributed by atoms with E-state index in [2.05, 4.69) is 22.6 Å². The van der Waals surface area contributed by atoms with Crippen molar-refractivity contribution in [2.24, 2.45) is 11.7 Å². The molecule has 1 aromatic heterocycles. The minimum atomic E-state index is 0.560. The quantitative estimate of drug-likeness (QED) is 0.760. The maximum Gasteiger partial charge on any atom is 0.106 e. The number of aromatic nitrogens is 1. The number of nitrogens with two attached hydrogens (primary N) is 1. The van der Waals surface area contributed by atoms with Gasteiger partial charge in [0.05, 0.1) is 5.69 Å². The van der Waals surface area contributed by atoms with Crippen molar-refractivity contribution in [2.45, 2.75) is 32.5 Å². The minimum absolute atomic E-state index is 0.560. The van der Waals surface area contributed by atoms with Gasteiger partial charge < -0.3 is 11.1 Å². The maximum atomic E-state index is 5.48. The van der Waals surface area contributed by atoms with Gasteiger partial charge in [0.1, 0.15) is 5.01 Å². The van der Waals surface area contributed by atoms with Gasteiger partial charge in [0, 0.05) is 24.5 Å². The second-order valence-corrected chi connectivity index (χ2v) is 4.58. The smallest absolute Gasteiger partial charge is 0.106 e. The molecule has 2 rings (SSSR count). The third kappa shape index (κ3) is 2.27. The van der Waals surface area contributed by atoms with Crippen LogP contribution in [0.5, 0.6) is 0 Å². The molecule has 0 spiro atoms. The van der Waals surface area contributed by atoms with Crippen molar-refractivity contribution in [1.82, 2.24) is 10.3 Å². The van der Waals surface area contributed by atoms with Crippen LogP contribution in [0.2, 0.25) is 0 Å². The Kier molecular flexibility index (Phi) is 2.62. The summed E-state index contributed by atoms with van der Waals surface area (Å²) in [6.07, 6.45) is 1.31. The molecule has 0 saturated heterocycles. The van der Waals surface area contributed by atoms with Gasteiger partial charge in [-0.25, -0.2) is 4.98 Å². The first-order valence-electron chi connectivity index (χ1n) is 4.66. The Morgan fingerprint density at radius 2 is 2.54 bits per heavy atom. The van der Waals surface area contributed by atoms with E-state index in [0.717, 1.165) is 29.2 Å². The van der Waals surface area contributed by atoms with E-state index in [9.17, 15) is 0 Å². The van der Waals surface area contributed by atoms with Crippen molar-refractivity contribution < 1.29 is 0 Å². The van der Waals surface area contributed by atoms with Crippen LogP contribution in [0, 0.1) is 5.92 Å². The van der Waals surface area contributed by atoms with Gasteiger partial charge in [0.25, 0.3) is 0 Å². The summed E-state index contributed by atoms with van der Waals surface area (Å²) in [5, 5.41) is 6.58. The molecule has 4 heteroatoms. The molecular weight excluding hydrogens is 182 g/mol. The molecule has 3 nitrogen and oxygen atoms in total. The summed E-state index contributed by atoms with van der Waals surface area (Å²) in [4.78, 5) is 4.38. The summed E-state index contributed by atoms with van der Waals surface area (Å²) >= 11 is 1.65. The van der Waals surface area contributed by atoms with Crippen molar-refractivity contribution in [3.05, 3.63) is 16.1 Å². The highest BCUT2D eigenvalue weighted by atomic mass is 32.1. The van der Waals surface area contributed by atoms with Gasteiger partial charge >= 0.3 is 0 Å². The van der Waals surface area contributed by atoms with E-state index in [1.807, 2.05) is 0 Å². The molecule has 0 radical (unpaired) electrons.